The SMILES string of the molecule is CCOc1ccc(C(=O)N2CCCCC2CC(C)O)cc1. The maximum absolute atomic E-state index is 12.7. The highest BCUT2D eigenvalue weighted by molar-refractivity contribution is 5.94. The summed E-state index contributed by atoms with van der Waals surface area (Å²) in [5, 5.41) is 9.62. The fourth-order valence-corrected chi connectivity index (χ4v) is 2.93. The lowest BCUT2D eigenvalue weighted by molar-refractivity contribution is 0.0515. The first-order valence-corrected chi connectivity index (χ1v) is 7.83. The number of hydrogen-bond acceptors (Lipinski definition) is 3. The minimum absolute atomic E-state index is 0.0587. The van der Waals surface area contributed by atoms with E-state index in [4.69, 9.17) is 4.74 Å². The molecule has 0 aliphatic carbocycles. The van der Waals surface area contributed by atoms with Gasteiger partial charge in [0, 0.05) is 18.2 Å². The zero-order chi connectivity index (χ0) is 15.2. The number of amides is 1. The molecule has 2 atom stereocenters. The summed E-state index contributed by atoms with van der Waals surface area (Å²) >= 11 is 0. The number of rotatable bonds is 5. The van der Waals surface area contributed by atoms with E-state index < -0.39 is 0 Å². The zero-order valence-electron chi connectivity index (χ0n) is 12.9. The standard InChI is InChI=1S/C17H25NO3/c1-3-21-16-9-7-14(8-10-16)17(20)18-11-5-4-6-15(18)12-13(2)19/h7-10,13,15,19H,3-6,11-12H2,1-2H3. The van der Waals surface area contributed by atoms with Gasteiger partial charge in [-0.3, -0.25) is 4.79 Å². The largest absolute Gasteiger partial charge is 0.494 e. The van der Waals surface area contributed by atoms with E-state index in [1.165, 1.54) is 0 Å². The first-order valence-electron chi connectivity index (χ1n) is 7.83. The van der Waals surface area contributed by atoms with Crippen molar-refractivity contribution in [3.05, 3.63) is 29.8 Å². The third kappa shape index (κ3) is 4.21. The molecule has 1 aliphatic rings. The molecule has 1 heterocycles. The van der Waals surface area contributed by atoms with Crippen molar-refractivity contribution in [1.82, 2.24) is 4.90 Å². The average molecular weight is 291 g/mol. The van der Waals surface area contributed by atoms with Crippen molar-refractivity contribution in [2.75, 3.05) is 13.2 Å². The van der Waals surface area contributed by atoms with E-state index in [9.17, 15) is 9.90 Å². The molecular formula is C17H25NO3. The van der Waals surface area contributed by atoms with Crippen LogP contribution in [0.5, 0.6) is 5.75 Å². The monoisotopic (exact) mass is 291 g/mol. The van der Waals surface area contributed by atoms with Crippen molar-refractivity contribution in [3.63, 3.8) is 0 Å². The molecule has 1 saturated heterocycles. The highest BCUT2D eigenvalue weighted by Crippen LogP contribution is 2.24. The van der Waals surface area contributed by atoms with Crippen LogP contribution < -0.4 is 4.74 Å². The maximum atomic E-state index is 12.7. The van der Waals surface area contributed by atoms with Gasteiger partial charge in [-0.15, -0.1) is 0 Å². The Morgan fingerprint density at radius 2 is 2.10 bits per heavy atom. The van der Waals surface area contributed by atoms with E-state index in [1.807, 2.05) is 36.1 Å². The Morgan fingerprint density at radius 1 is 1.38 bits per heavy atom. The predicted molar refractivity (Wildman–Crippen MR) is 82.6 cm³/mol. The minimum atomic E-state index is -0.372. The van der Waals surface area contributed by atoms with Gasteiger partial charge in [-0.05, 0) is 63.8 Å². The lowest BCUT2D eigenvalue weighted by Gasteiger charge is -2.36. The summed E-state index contributed by atoms with van der Waals surface area (Å²) in [6.07, 6.45) is 3.43. The molecule has 0 radical (unpaired) electrons. The highest BCUT2D eigenvalue weighted by Gasteiger charge is 2.28. The molecular weight excluding hydrogens is 266 g/mol. The van der Waals surface area contributed by atoms with E-state index in [-0.39, 0.29) is 18.1 Å². The van der Waals surface area contributed by atoms with Crippen LogP contribution in [0.4, 0.5) is 0 Å². The topological polar surface area (TPSA) is 49.8 Å². The molecule has 4 heteroatoms. The van der Waals surface area contributed by atoms with E-state index in [2.05, 4.69) is 0 Å². The fraction of sp³-hybridized carbons (Fsp3) is 0.588. The normalized spacial score (nSPS) is 20.1. The smallest absolute Gasteiger partial charge is 0.254 e. The second kappa shape index (κ2) is 7.46. The van der Waals surface area contributed by atoms with E-state index >= 15 is 0 Å². The van der Waals surface area contributed by atoms with Crippen LogP contribution in [0.15, 0.2) is 24.3 Å². The molecule has 1 aromatic rings. The number of aliphatic hydroxyl groups excluding tert-OH is 1. The van der Waals surface area contributed by atoms with Crippen molar-refractivity contribution in [1.29, 1.82) is 0 Å². The molecule has 1 fully saturated rings. The Hall–Kier alpha value is -1.55. The summed E-state index contributed by atoms with van der Waals surface area (Å²) in [7, 11) is 0. The Bertz CT molecular complexity index is 456. The fourth-order valence-electron chi connectivity index (χ4n) is 2.93. The minimum Gasteiger partial charge on any atom is -0.494 e. The van der Waals surface area contributed by atoms with Crippen LogP contribution in [0.25, 0.3) is 0 Å². The lowest BCUT2D eigenvalue weighted by Crippen LogP contribution is -2.45. The van der Waals surface area contributed by atoms with Crippen LogP contribution in [0.2, 0.25) is 0 Å². The molecule has 1 aromatic carbocycles. The quantitative estimate of drug-likeness (QED) is 0.907. The number of carbonyl (C=O) groups excluding carboxylic acids is 1. The van der Waals surface area contributed by atoms with Gasteiger partial charge < -0.3 is 14.7 Å². The van der Waals surface area contributed by atoms with Gasteiger partial charge in [0.25, 0.3) is 5.91 Å². The molecule has 0 saturated carbocycles. The third-order valence-corrected chi connectivity index (χ3v) is 3.91. The second-order valence-corrected chi connectivity index (χ2v) is 5.69. The number of hydrogen-bond donors (Lipinski definition) is 1. The van der Waals surface area contributed by atoms with Crippen molar-refractivity contribution in [2.45, 2.75) is 51.7 Å². The molecule has 21 heavy (non-hydrogen) atoms. The maximum Gasteiger partial charge on any atom is 0.254 e. The van der Waals surface area contributed by atoms with Crippen LogP contribution in [-0.2, 0) is 0 Å². The van der Waals surface area contributed by atoms with E-state index in [1.54, 1.807) is 6.92 Å². The summed E-state index contributed by atoms with van der Waals surface area (Å²) < 4.78 is 5.40. The number of likely N-dealkylation sites (tertiary alicyclic amines) is 1. The molecule has 116 valence electrons. The van der Waals surface area contributed by atoms with Crippen LogP contribution >= 0.6 is 0 Å². The highest BCUT2D eigenvalue weighted by atomic mass is 16.5. The van der Waals surface area contributed by atoms with Crippen molar-refractivity contribution >= 4 is 5.91 Å². The van der Waals surface area contributed by atoms with Gasteiger partial charge in [0.05, 0.1) is 12.7 Å². The number of ether oxygens (including phenoxy) is 1. The predicted octanol–water partition coefficient (Wildman–Crippen LogP) is 2.85. The van der Waals surface area contributed by atoms with E-state index in [0.717, 1.165) is 31.6 Å². The Balaban J connectivity index is 2.08. The van der Waals surface area contributed by atoms with Crippen LogP contribution in [0, 0.1) is 0 Å². The number of benzene rings is 1. The van der Waals surface area contributed by atoms with Gasteiger partial charge in [0.2, 0.25) is 0 Å². The summed E-state index contributed by atoms with van der Waals surface area (Å²) in [6, 6.07) is 7.47. The van der Waals surface area contributed by atoms with Gasteiger partial charge in [0.1, 0.15) is 5.75 Å². The van der Waals surface area contributed by atoms with Gasteiger partial charge in [0.15, 0.2) is 0 Å². The summed E-state index contributed by atoms with van der Waals surface area (Å²) in [5.74, 6) is 0.844. The summed E-state index contributed by atoms with van der Waals surface area (Å²) in [4.78, 5) is 14.6. The molecule has 0 bridgehead atoms. The lowest BCUT2D eigenvalue weighted by atomic mass is 9.96. The van der Waals surface area contributed by atoms with E-state index in [0.29, 0.717) is 18.6 Å². The molecule has 4 nitrogen and oxygen atoms in total. The van der Waals surface area contributed by atoms with Crippen molar-refractivity contribution in [2.24, 2.45) is 0 Å². The molecule has 2 rings (SSSR count). The Labute approximate surface area is 126 Å². The molecule has 0 aromatic heterocycles. The number of piperidine rings is 1. The van der Waals surface area contributed by atoms with Gasteiger partial charge in [-0.25, -0.2) is 0 Å². The van der Waals surface area contributed by atoms with Crippen LogP contribution in [0.3, 0.4) is 0 Å². The first-order chi connectivity index (χ1) is 10.1. The molecule has 1 aliphatic heterocycles. The summed E-state index contributed by atoms with van der Waals surface area (Å²) in [6.45, 7) is 5.13. The molecule has 1 N–H and O–H groups in total. The van der Waals surface area contributed by atoms with Crippen molar-refractivity contribution in [3.8, 4) is 5.75 Å². The molecule has 1 amide bonds. The number of carbonyl (C=O) groups is 1. The van der Waals surface area contributed by atoms with Gasteiger partial charge in [-0.1, -0.05) is 0 Å². The number of nitrogens with zero attached hydrogens (tertiary/aromatic N) is 1. The molecule has 2 unspecified atom stereocenters. The average Bonchev–Trinajstić information content (AvgIpc) is 2.48. The van der Waals surface area contributed by atoms with Gasteiger partial charge in [-0.2, -0.15) is 0 Å². The Kier molecular flexibility index (Phi) is 5.62. The third-order valence-electron chi connectivity index (χ3n) is 3.91. The van der Waals surface area contributed by atoms with Crippen LogP contribution in [0.1, 0.15) is 49.9 Å². The van der Waals surface area contributed by atoms with Crippen molar-refractivity contribution < 1.29 is 14.6 Å². The Morgan fingerprint density at radius 3 is 2.71 bits per heavy atom. The van der Waals surface area contributed by atoms with Crippen LogP contribution in [-0.4, -0.2) is 41.2 Å². The summed E-state index contributed by atoms with van der Waals surface area (Å²) in [5.41, 5.74) is 0.691. The molecule has 0 spiro atoms. The zero-order valence-corrected chi connectivity index (χ0v) is 12.9. The first kappa shape index (κ1) is 15.8. The van der Waals surface area contributed by atoms with Gasteiger partial charge >= 0.3 is 0 Å². The second-order valence-electron chi connectivity index (χ2n) is 5.69. The number of aliphatic hydroxyl groups is 1.